The fourth-order valence-corrected chi connectivity index (χ4v) is 2.04. The van der Waals surface area contributed by atoms with Gasteiger partial charge in [-0.15, -0.1) is 0 Å². The quantitative estimate of drug-likeness (QED) is 0.0923. The number of hydrogen-bond donors (Lipinski definition) is 0. The van der Waals surface area contributed by atoms with Crippen LogP contribution >= 0.6 is 0 Å². The zero-order valence-corrected chi connectivity index (χ0v) is 21.2. The second-order valence-corrected chi connectivity index (χ2v) is 5.59. The topological polar surface area (TPSA) is 136 Å². The Hall–Kier alpha value is 0.271. The number of rotatable bonds is 20. The number of carbonyl (C=O) groups excluding carboxylic acids is 2. The Balaban J connectivity index is 0. The van der Waals surface area contributed by atoms with Crippen LogP contribution in [-0.2, 0) is 38.0 Å². The van der Waals surface area contributed by atoms with Crippen molar-refractivity contribution < 1.29 is 48.2 Å². The first kappa shape index (κ1) is 30.5. The molecule has 0 aromatic carbocycles. The molecule has 0 N–H and O–H groups in total. The van der Waals surface area contributed by atoms with Crippen molar-refractivity contribution in [3.05, 3.63) is 0 Å². The molecule has 0 atom stereocenters. The summed E-state index contributed by atoms with van der Waals surface area (Å²) in [5.41, 5.74) is -2.17. The van der Waals surface area contributed by atoms with Gasteiger partial charge in [-0.2, -0.15) is 0 Å². The molecule has 11 heteroatoms. The molecule has 0 spiro atoms. The molecule has 0 aliphatic rings. The van der Waals surface area contributed by atoms with Gasteiger partial charge in [0.15, 0.2) is 0 Å². The minimum absolute atomic E-state index is 0. The second-order valence-electron chi connectivity index (χ2n) is 5.59. The van der Waals surface area contributed by atoms with E-state index >= 15 is 0 Å². The van der Waals surface area contributed by atoms with Gasteiger partial charge in [0.25, 0.3) is 0 Å². The van der Waals surface area contributed by atoms with Gasteiger partial charge in [0.2, 0.25) is 0 Å². The molecule has 0 aromatic rings. The van der Waals surface area contributed by atoms with Crippen LogP contribution in [0.2, 0.25) is 0 Å². The molecule has 0 aliphatic heterocycles. The van der Waals surface area contributed by atoms with Crippen molar-refractivity contribution in [3.8, 4) is 0 Å². The molecule has 0 bridgehead atoms. The van der Waals surface area contributed by atoms with Crippen LogP contribution < -0.4 is 10.2 Å². The van der Waals surface area contributed by atoms with Crippen LogP contribution in [0.15, 0.2) is 0 Å². The van der Waals surface area contributed by atoms with Crippen LogP contribution in [0.4, 0.5) is 0 Å². The van der Waals surface area contributed by atoms with Crippen molar-refractivity contribution in [1.82, 2.24) is 0 Å². The zero-order valence-electron chi connectivity index (χ0n) is 16.8. The van der Waals surface area contributed by atoms with Gasteiger partial charge in [-0.05, 0) is 12.8 Å². The largest absolute Gasteiger partial charge is 2.00 e. The summed E-state index contributed by atoms with van der Waals surface area (Å²) in [6.07, 6.45) is -0.577. The molecular weight excluding hydrogens is 502 g/mol. The van der Waals surface area contributed by atoms with E-state index in [0.717, 1.165) is 0 Å². The van der Waals surface area contributed by atoms with E-state index in [1.54, 1.807) is 14.2 Å². The van der Waals surface area contributed by atoms with E-state index in [1.807, 2.05) is 0 Å². The fourth-order valence-electron chi connectivity index (χ4n) is 2.04. The molecule has 0 aromatic heterocycles. The third-order valence-corrected chi connectivity index (χ3v) is 3.74. The SMILES string of the molecule is COCCOCCOCCC(CCOCCOCCOC)(C(=O)[O-])C(=O)[O-].[Ba+2]. The number of carbonyl (C=O) groups is 2. The molecule has 0 fully saturated rings. The summed E-state index contributed by atoms with van der Waals surface area (Å²) >= 11 is 0. The summed E-state index contributed by atoms with van der Waals surface area (Å²) in [6.45, 7) is 2.54. The van der Waals surface area contributed by atoms with Crippen molar-refractivity contribution in [2.75, 3.05) is 80.3 Å². The first-order valence-electron chi connectivity index (χ1n) is 8.73. The van der Waals surface area contributed by atoms with Gasteiger partial charge in [0.1, 0.15) is 0 Å². The van der Waals surface area contributed by atoms with Gasteiger partial charge >= 0.3 is 48.9 Å². The predicted octanol–water partition coefficient (Wildman–Crippen LogP) is -2.77. The number of carboxylic acid groups (broad SMARTS) is 2. The van der Waals surface area contributed by atoms with Crippen LogP contribution in [0.3, 0.4) is 0 Å². The maximum absolute atomic E-state index is 11.4. The number of aliphatic carboxylic acids is 2. The average molecular weight is 532 g/mol. The van der Waals surface area contributed by atoms with E-state index in [-0.39, 0.29) is 88.2 Å². The Labute approximate surface area is 206 Å². The molecule has 0 saturated heterocycles. The van der Waals surface area contributed by atoms with E-state index < -0.39 is 17.4 Å². The maximum Gasteiger partial charge on any atom is 2.00 e. The molecule has 0 heterocycles. The Kier molecular flexibility index (Phi) is 22.3. The fraction of sp³-hybridized carbons (Fsp3) is 0.882. The van der Waals surface area contributed by atoms with E-state index in [4.69, 9.17) is 28.4 Å². The van der Waals surface area contributed by atoms with Crippen molar-refractivity contribution in [2.24, 2.45) is 5.41 Å². The number of ether oxygens (including phenoxy) is 6. The normalized spacial score (nSPS) is 11.2. The summed E-state index contributed by atoms with van der Waals surface area (Å²) in [7, 11) is 3.11. The number of hydrogen-bond acceptors (Lipinski definition) is 10. The van der Waals surface area contributed by atoms with E-state index in [2.05, 4.69) is 0 Å². The molecule has 10 nitrogen and oxygen atoms in total. The summed E-state index contributed by atoms with van der Waals surface area (Å²) in [5, 5.41) is 22.8. The van der Waals surface area contributed by atoms with Gasteiger partial charge in [0.05, 0.1) is 70.2 Å². The summed E-state index contributed by atoms with van der Waals surface area (Å²) in [5.74, 6) is -3.44. The monoisotopic (exact) mass is 532 g/mol. The molecule has 0 amide bonds. The van der Waals surface area contributed by atoms with Gasteiger partial charge < -0.3 is 48.2 Å². The average Bonchev–Trinajstić information content (AvgIpc) is 2.63. The van der Waals surface area contributed by atoms with E-state index in [1.165, 1.54) is 0 Å². The van der Waals surface area contributed by atoms with Gasteiger partial charge in [-0.3, -0.25) is 0 Å². The molecule has 0 radical (unpaired) electrons. The second kappa shape index (κ2) is 20.5. The first-order valence-corrected chi connectivity index (χ1v) is 8.73. The first-order chi connectivity index (χ1) is 13.0. The maximum atomic E-state index is 11.4. The molecule has 160 valence electrons. The summed E-state index contributed by atoms with van der Waals surface area (Å²) in [6, 6.07) is 0. The molecule has 0 aliphatic carbocycles. The van der Waals surface area contributed by atoms with Crippen molar-refractivity contribution >= 4 is 60.8 Å². The van der Waals surface area contributed by atoms with E-state index in [9.17, 15) is 19.8 Å². The number of carboxylic acids is 2. The number of methoxy groups -OCH3 is 2. The van der Waals surface area contributed by atoms with Crippen molar-refractivity contribution in [1.29, 1.82) is 0 Å². The van der Waals surface area contributed by atoms with Crippen LogP contribution in [0, 0.1) is 5.41 Å². The Morgan fingerprint density at radius 1 is 0.607 bits per heavy atom. The molecule has 0 rings (SSSR count). The van der Waals surface area contributed by atoms with Gasteiger partial charge in [0, 0.05) is 27.4 Å². The van der Waals surface area contributed by atoms with Gasteiger partial charge in [-0.25, -0.2) is 0 Å². The van der Waals surface area contributed by atoms with Crippen LogP contribution in [0.1, 0.15) is 12.8 Å². The van der Waals surface area contributed by atoms with Crippen LogP contribution in [0.25, 0.3) is 0 Å². The van der Waals surface area contributed by atoms with Crippen molar-refractivity contribution in [2.45, 2.75) is 12.8 Å². The molecule has 0 unspecified atom stereocenters. The predicted molar refractivity (Wildman–Crippen MR) is 94.5 cm³/mol. The third kappa shape index (κ3) is 14.3. The van der Waals surface area contributed by atoms with Crippen LogP contribution in [-0.4, -0.2) is 141 Å². The third-order valence-electron chi connectivity index (χ3n) is 3.74. The minimum Gasteiger partial charge on any atom is -0.549 e. The summed E-state index contributed by atoms with van der Waals surface area (Å²) < 4.78 is 30.4. The molecule has 0 saturated carbocycles. The smallest absolute Gasteiger partial charge is 0.549 e. The molecular formula is C17H30BaO10. The zero-order chi connectivity index (χ0) is 20.4. The minimum atomic E-state index is -2.17. The van der Waals surface area contributed by atoms with Gasteiger partial charge in [-0.1, -0.05) is 0 Å². The Morgan fingerprint density at radius 3 is 1.18 bits per heavy atom. The van der Waals surface area contributed by atoms with Crippen LogP contribution in [0.5, 0.6) is 0 Å². The van der Waals surface area contributed by atoms with E-state index in [0.29, 0.717) is 39.6 Å². The standard InChI is InChI=1S/C17H32O10.Ba/c1-22-7-9-26-13-11-24-5-3-17(15(18)19,16(20)21)4-6-25-12-14-27-10-8-23-2;/h3-14H2,1-2H3,(H,18,19)(H,20,21);/q;+2/p-2. The Bertz CT molecular complexity index is 358. The summed E-state index contributed by atoms with van der Waals surface area (Å²) in [4.78, 5) is 22.8. The van der Waals surface area contributed by atoms with Crippen molar-refractivity contribution in [3.63, 3.8) is 0 Å². The molecule has 28 heavy (non-hydrogen) atoms. The Morgan fingerprint density at radius 2 is 0.893 bits per heavy atom.